The predicted molar refractivity (Wildman–Crippen MR) is 167 cm³/mol. The molecule has 0 aromatic heterocycles. The third kappa shape index (κ3) is 16.7. The van der Waals surface area contributed by atoms with Crippen LogP contribution in [0.2, 0.25) is 0 Å². The minimum absolute atomic E-state index is 0.0312. The highest BCUT2D eigenvalue weighted by Gasteiger charge is 2.23. The molecule has 0 saturated heterocycles. The first-order chi connectivity index (χ1) is 18.7. The van der Waals surface area contributed by atoms with E-state index in [4.69, 9.17) is 9.47 Å². The van der Waals surface area contributed by atoms with Gasteiger partial charge in [-0.25, -0.2) is 0 Å². The SMILES string of the molecule is CC(C)(CCCSCCCSCCCC(C)(C)CC(=O)OCc1ccccc1)CC(=O)OCc1ccccc1. The van der Waals surface area contributed by atoms with Gasteiger partial charge in [-0.15, -0.1) is 0 Å². The van der Waals surface area contributed by atoms with E-state index in [-0.39, 0.29) is 22.8 Å². The molecule has 0 aliphatic carbocycles. The van der Waals surface area contributed by atoms with Gasteiger partial charge < -0.3 is 9.47 Å². The Hall–Kier alpha value is -1.92. The van der Waals surface area contributed by atoms with Crippen LogP contribution in [-0.4, -0.2) is 35.0 Å². The summed E-state index contributed by atoms with van der Waals surface area (Å²) in [5.41, 5.74) is 1.99. The van der Waals surface area contributed by atoms with Crippen LogP contribution in [0.15, 0.2) is 60.7 Å². The Labute approximate surface area is 245 Å². The van der Waals surface area contributed by atoms with Gasteiger partial charge in [0.15, 0.2) is 0 Å². The van der Waals surface area contributed by atoms with Gasteiger partial charge >= 0.3 is 11.9 Å². The van der Waals surface area contributed by atoms with Gasteiger partial charge in [0, 0.05) is 0 Å². The first-order valence-electron chi connectivity index (χ1n) is 14.2. The summed E-state index contributed by atoms with van der Waals surface area (Å²) in [7, 11) is 0. The zero-order valence-corrected chi connectivity index (χ0v) is 26.0. The minimum Gasteiger partial charge on any atom is -0.461 e. The van der Waals surface area contributed by atoms with Crippen LogP contribution in [0.5, 0.6) is 0 Å². The van der Waals surface area contributed by atoms with Crippen molar-refractivity contribution in [1.29, 1.82) is 0 Å². The maximum absolute atomic E-state index is 12.2. The second kappa shape index (κ2) is 18.4. The van der Waals surface area contributed by atoms with E-state index in [1.807, 2.05) is 84.2 Å². The normalized spacial score (nSPS) is 11.8. The predicted octanol–water partition coefficient (Wildman–Crippen LogP) is 8.72. The summed E-state index contributed by atoms with van der Waals surface area (Å²) < 4.78 is 10.9. The lowest BCUT2D eigenvalue weighted by Crippen LogP contribution is -2.19. The van der Waals surface area contributed by atoms with E-state index >= 15 is 0 Å². The molecule has 0 unspecified atom stereocenters. The lowest BCUT2D eigenvalue weighted by atomic mass is 9.85. The number of carbonyl (C=O) groups excluding carboxylic acids is 2. The van der Waals surface area contributed by atoms with Gasteiger partial charge in [-0.1, -0.05) is 88.4 Å². The molecule has 0 N–H and O–H groups in total. The summed E-state index contributed by atoms with van der Waals surface area (Å²) in [6, 6.07) is 19.7. The topological polar surface area (TPSA) is 52.6 Å². The molecule has 0 aliphatic rings. The molecule has 0 amide bonds. The molecule has 0 bridgehead atoms. The summed E-state index contributed by atoms with van der Waals surface area (Å²) >= 11 is 4.03. The van der Waals surface area contributed by atoms with E-state index in [2.05, 4.69) is 27.7 Å². The van der Waals surface area contributed by atoms with Crippen LogP contribution in [0.4, 0.5) is 0 Å². The zero-order chi connectivity index (χ0) is 28.4. The van der Waals surface area contributed by atoms with Crippen molar-refractivity contribution in [2.45, 2.75) is 85.9 Å². The highest BCUT2D eigenvalue weighted by Crippen LogP contribution is 2.29. The molecule has 0 atom stereocenters. The Bertz CT molecular complexity index is 867. The molecule has 2 aromatic carbocycles. The number of benzene rings is 2. The second-order valence-electron chi connectivity index (χ2n) is 11.8. The van der Waals surface area contributed by atoms with Crippen LogP contribution in [0.25, 0.3) is 0 Å². The lowest BCUT2D eigenvalue weighted by Gasteiger charge is -2.23. The molecule has 0 saturated carbocycles. The number of ether oxygens (including phenoxy) is 2. The average Bonchev–Trinajstić information content (AvgIpc) is 2.90. The molecule has 0 fully saturated rings. The quantitative estimate of drug-likeness (QED) is 0.117. The summed E-state index contributed by atoms with van der Waals surface area (Å²) in [6.45, 7) is 9.34. The monoisotopic (exact) mass is 572 g/mol. The molecule has 39 heavy (non-hydrogen) atoms. The van der Waals surface area contributed by atoms with Crippen molar-refractivity contribution >= 4 is 35.5 Å². The van der Waals surface area contributed by atoms with Crippen molar-refractivity contribution in [3.05, 3.63) is 71.8 Å². The van der Waals surface area contributed by atoms with E-state index in [0.29, 0.717) is 26.1 Å². The highest BCUT2D eigenvalue weighted by molar-refractivity contribution is 8.00. The van der Waals surface area contributed by atoms with Gasteiger partial charge in [-0.2, -0.15) is 23.5 Å². The van der Waals surface area contributed by atoms with E-state index < -0.39 is 0 Å². The third-order valence-electron chi connectivity index (χ3n) is 6.59. The molecule has 6 heteroatoms. The van der Waals surface area contributed by atoms with E-state index in [1.165, 1.54) is 17.9 Å². The van der Waals surface area contributed by atoms with Crippen LogP contribution in [-0.2, 0) is 32.3 Å². The molecule has 2 aromatic rings. The van der Waals surface area contributed by atoms with Gasteiger partial charge in [0.1, 0.15) is 13.2 Å². The maximum Gasteiger partial charge on any atom is 0.306 e. The molecular weight excluding hydrogens is 524 g/mol. The molecule has 0 aliphatic heterocycles. The largest absolute Gasteiger partial charge is 0.461 e. The van der Waals surface area contributed by atoms with Crippen molar-refractivity contribution in [2.75, 3.05) is 23.0 Å². The van der Waals surface area contributed by atoms with Gasteiger partial charge in [0.25, 0.3) is 0 Å². The van der Waals surface area contributed by atoms with Crippen LogP contribution in [0, 0.1) is 10.8 Å². The summed E-state index contributed by atoms with van der Waals surface area (Å²) in [6.07, 6.45) is 6.47. The van der Waals surface area contributed by atoms with Gasteiger partial charge in [-0.3, -0.25) is 9.59 Å². The van der Waals surface area contributed by atoms with Gasteiger partial charge in [0.05, 0.1) is 12.8 Å². The van der Waals surface area contributed by atoms with Crippen molar-refractivity contribution in [3.63, 3.8) is 0 Å². The Morgan fingerprint density at radius 3 is 1.33 bits per heavy atom. The first-order valence-corrected chi connectivity index (χ1v) is 16.5. The van der Waals surface area contributed by atoms with Gasteiger partial charge in [-0.05, 0) is 77.1 Å². The Kier molecular flexibility index (Phi) is 15.7. The number of hydrogen-bond donors (Lipinski definition) is 0. The average molecular weight is 573 g/mol. The third-order valence-corrected chi connectivity index (χ3v) is 8.90. The van der Waals surface area contributed by atoms with Crippen molar-refractivity contribution < 1.29 is 19.1 Å². The number of thioether (sulfide) groups is 2. The van der Waals surface area contributed by atoms with Crippen molar-refractivity contribution in [1.82, 2.24) is 0 Å². The first kappa shape index (κ1) is 33.3. The summed E-state index contributed by atoms with van der Waals surface area (Å²) in [5.74, 6) is 4.43. The van der Waals surface area contributed by atoms with Crippen LogP contribution in [0.3, 0.4) is 0 Å². The Balaban J connectivity index is 1.42. The van der Waals surface area contributed by atoms with Gasteiger partial charge in [0.2, 0.25) is 0 Å². The number of carbonyl (C=O) groups is 2. The Morgan fingerprint density at radius 1 is 0.590 bits per heavy atom. The molecule has 4 nitrogen and oxygen atoms in total. The summed E-state index contributed by atoms with van der Waals surface area (Å²) in [5, 5.41) is 0. The fraction of sp³-hybridized carbons (Fsp3) is 0.576. The standard InChI is InChI=1S/C33H48O4S2/c1-32(2,24-30(34)36-26-28-14-7-5-8-15-28)18-11-20-38-22-13-23-39-21-12-19-33(3,4)25-31(35)37-27-29-16-9-6-10-17-29/h5-10,14-17H,11-13,18-27H2,1-4H3. The number of rotatable bonds is 20. The lowest BCUT2D eigenvalue weighted by molar-refractivity contribution is -0.148. The fourth-order valence-corrected chi connectivity index (χ4v) is 6.29. The van der Waals surface area contributed by atoms with Crippen LogP contribution >= 0.6 is 23.5 Å². The maximum atomic E-state index is 12.2. The molecule has 0 radical (unpaired) electrons. The fourth-order valence-electron chi connectivity index (χ4n) is 4.31. The number of hydrogen-bond acceptors (Lipinski definition) is 6. The molecule has 2 rings (SSSR count). The van der Waals surface area contributed by atoms with Crippen LogP contribution in [0.1, 0.15) is 83.8 Å². The smallest absolute Gasteiger partial charge is 0.306 e. The van der Waals surface area contributed by atoms with Crippen LogP contribution < -0.4 is 0 Å². The van der Waals surface area contributed by atoms with Crippen molar-refractivity contribution in [2.24, 2.45) is 10.8 Å². The molecule has 0 heterocycles. The van der Waals surface area contributed by atoms with E-state index in [0.717, 1.165) is 48.3 Å². The number of esters is 2. The van der Waals surface area contributed by atoms with E-state index in [9.17, 15) is 9.59 Å². The summed E-state index contributed by atoms with van der Waals surface area (Å²) in [4.78, 5) is 24.5. The minimum atomic E-state index is -0.111. The van der Waals surface area contributed by atoms with Crippen molar-refractivity contribution in [3.8, 4) is 0 Å². The highest BCUT2D eigenvalue weighted by atomic mass is 32.2. The van der Waals surface area contributed by atoms with E-state index in [1.54, 1.807) is 0 Å². The Morgan fingerprint density at radius 2 is 0.949 bits per heavy atom. The zero-order valence-electron chi connectivity index (χ0n) is 24.4. The molecule has 216 valence electrons. The molecule has 0 spiro atoms. The second-order valence-corrected chi connectivity index (χ2v) is 14.2. The molecular formula is C33H48O4S2.